The molecule has 0 heterocycles. The standard InChI is InChI=1S/C11H15ClFNO/c1-15-6-5-9(14)7-8-3-2-4-10(13)11(8)12/h2-4,9H,5-7,14H2,1H3. The number of ether oxygens (including phenoxy) is 1. The number of nitrogens with two attached hydrogens (primary N) is 1. The molecule has 0 aliphatic rings. The Morgan fingerprint density at radius 2 is 2.27 bits per heavy atom. The van der Waals surface area contributed by atoms with Crippen LogP contribution in [0, 0.1) is 5.82 Å². The molecule has 1 atom stereocenters. The molecule has 1 aromatic rings. The van der Waals surface area contributed by atoms with E-state index in [1.807, 2.05) is 0 Å². The van der Waals surface area contributed by atoms with Gasteiger partial charge in [-0.3, -0.25) is 0 Å². The summed E-state index contributed by atoms with van der Waals surface area (Å²) < 4.78 is 18.0. The molecule has 1 unspecified atom stereocenters. The van der Waals surface area contributed by atoms with Crippen LogP contribution in [0.25, 0.3) is 0 Å². The van der Waals surface area contributed by atoms with E-state index in [0.29, 0.717) is 13.0 Å². The third kappa shape index (κ3) is 3.78. The zero-order valence-corrected chi connectivity index (χ0v) is 9.43. The maximum absolute atomic E-state index is 13.1. The van der Waals surface area contributed by atoms with Crippen molar-refractivity contribution < 1.29 is 9.13 Å². The van der Waals surface area contributed by atoms with E-state index in [2.05, 4.69) is 0 Å². The monoisotopic (exact) mass is 231 g/mol. The van der Waals surface area contributed by atoms with Crippen molar-refractivity contribution >= 4 is 11.6 Å². The maximum Gasteiger partial charge on any atom is 0.142 e. The molecule has 15 heavy (non-hydrogen) atoms. The van der Waals surface area contributed by atoms with Gasteiger partial charge >= 0.3 is 0 Å². The van der Waals surface area contributed by atoms with Gasteiger partial charge in [0.25, 0.3) is 0 Å². The molecule has 1 aromatic carbocycles. The van der Waals surface area contributed by atoms with E-state index in [1.165, 1.54) is 6.07 Å². The lowest BCUT2D eigenvalue weighted by Crippen LogP contribution is -2.24. The minimum absolute atomic E-state index is 0.0516. The van der Waals surface area contributed by atoms with Gasteiger partial charge in [-0.2, -0.15) is 0 Å². The summed E-state index contributed by atoms with van der Waals surface area (Å²) in [7, 11) is 1.63. The number of methoxy groups -OCH3 is 1. The Kier molecular flexibility index (Phi) is 5.02. The first-order valence-electron chi connectivity index (χ1n) is 4.82. The fourth-order valence-corrected chi connectivity index (χ4v) is 1.56. The van der Waals surface area contributed by atoms with E-state index in [9.17, 15) is 4.39 Å². The second-order valence-electron chi connectivity index (χ2n) is 3.46. The van der Waals surface area contributed by atoms with Crippen LogP contribution in [-0.2, 0) is 11.2 Å². The number of halogens is 2. The van der Waals surface area contributed by atoms with Gasteiger partial charge in [-0.1, -0.05) is 23.7 Å². The molecule has 0 radical (unpaired) electrons. The fourth-order valence-electron chi connectivity index (χ4n) is 1.36. The molecule has 0 bridgehead atoms. The van der Waals surface area contributed by atoms with E-state index in [0.717, 1.165) is 12.0 Å². The van der Waals surface area contributed by atoms with Crippen molar-refractivity contribution in [1.29, 1.82) is 0 Å². The fraction of sp³-hybridized carbons (Fsp3) is 0.455. The first kappa shape index (κ1) is 12.4. The summed E-state index contributed by atoms with van der Waals surface area (Å²) in [4.78, 5) is 0. The average Bonchev–Trinajstić information content (AvgIpc) is 2.22. The van der Waals surface area contributed by atoms with Crippen LogP contribution in [-0.4, -0.2) is 19.8 Å². The van der Waals surface area contributed by atoms with Crippen molar-refractivity contribution in [2.45, 2.75) is 18.9 Å². The van der Waals surface area contributed by atoms with Crippen LogP contribution in [0.3, 0.4) is 0 Å². The predicted molar refractivity (Wildman–Crippen MR) is 59.6 cm³/mol. The van der Waals surface area contributed by atoms with Crippen LogP contribution in [0.2, 0.25) is 5.02 Å². The zero-order chi connectivity index (χ0) is 11.3. The van der Waals surface area contributed by atoms with Gasteiger partial charge in [-0.25, -0.2) is 4.39 Å². The lowest BCUT2D eigenvalue weighted by atomic mass is 10.0. The molecule has 0 saturated carbocycles. The molecule has 84 valence electrons. The molecule has 0 fully saturated rings. The molecule has 2 N–H and O–H groups in total. The summed E-state index contributed by atoms with van der Waals surface area (Å²) in [5.41, 5.74) is 6.60. The van der Waals surface area contributed by atoms with Crippen LogP contribution >= 0.6 is 11.6 Å². The van der Waals surface area contributed by atoms with Crippen LogP contribution in [0.15, 0.2) is 18.2 Å². The third-order valence-electron chi connectivity index (χ3n) is 2.21. The molecule has 0 spiro atoms. The summed E-state index contributed by atoms with van der Waals surface area (Å²) in [6, 6.07) is 4.72. The number of rotatable bonds is 5. The van der Waals surface area contributed by atoms with Crippen LogP contribution in [0.1, 0.15) is 12.0 Å². The van der Waals surface area contributed by atoms with Crippen LogP contribution in [0.5, 0.6) is 0 Å². The smallest absolute Gasteiger partial charge is 0.142 e. The molecule has 2 nitrogen and oxygen atoms in total. The third-order valence-corrected chi connectivity index (χ3v) is 2.63. The zero-order valence-electron chi connectivity index (χ0n) is 8.67. The average molecular weight is 232 g/mol. The molecule has 4 heteroatoms. The highest BCUT2D eigenvalue weighted by Gasteiger charge is 2.09. The van der Waals surface area contributed by atoms with Gasteiger partial charge in [-0.15, -0.1) is 0 Å². The molecule has 0 aliphatic heterocycles. The van der Waals surface area contributed by atoms with Gasteiger partial charge in [0.15, 0.2) is 0 Å². The molecule has 0 amide bonds. The highest BCUT2D eigenvalue weighted by Crippen LogP contribution is 2.20. The SMILES string of the molecule is COCCC(N)Cc1cccc(F)c1Cl. The molecule has 1 rings (SSSR count). The van der Waals surface area contributed by atoms with E-state index in [4.69, 9.17) is 22.1 Å². The Morgan fingerprint density at radius 1 is 1.53 bits per heavy atom. The Labute approximate surface area is 94.2 Å². The summed E-state index contributed by atoms with van der Waals surface area (Å²) in [5, 5.41) is 0.172. The van der Waals surface area contributed by atoms with E-state index >= 15 is 0 Å². The van der Waals surface area contributed by atoms with Gasteiger partial charge in [0, 0.05) is 19.8 Å². The van der Waals surface area contributed by atoms with Gasteiger partial charge in [-0.05, 0) is 24.5 Å². The maximum atomic E-state index is 13.1. The second kappa shape index (κ2) is 6.05. The van der Waals surface area contributed by atoms with Crippen LogP contribution in [0.4, 0.5) is 4.39 Å². The van der Waals surface area contributed by atoms with Gasteiger partial charge < -0.3 is 10.5 Å². The minimum Gasteiger partial charge on any atom is -0.385 e. The largest absolute Gasteiger partial charge is 0.385 e. The number of hydrogen-bond donors (Lipinski definition) is 1. The Morgan fingerprint density at radius 3 is 2.93 bits per heavy atom. The van der Waals surface area contributed by atoms with Gasteiger partial charge in [0.1, 0.15) is 5.82 Å². The highest BCUT2D eigenvalue weighted by atomic mass is 35.5. The summed E-state index contributed by atoms with van der Waals surface area (Å²) in [5.74, 6) is -0.395. The van der Waals surface area contributed by atoms with Crippen molar-refractivity contribution in [3.05, 3.63) is 34.6 Å². The van der Waals surface area contributed by atoms with Crippen molar-refractivity contribution in [3.63, 3.8) is 0 Å². The predicted octanol–water partition coefficient (Wildman–Crippen LogP) is 2.39. The molecule has 0 aliphatic carbocycles. The van der Waals surface area contributed by atoms with Crippen molar-refractivity contribution in [1.82, 2.24) is 0 Å². The lowest BCUT2D eigenvalue weighted by Gasteiger charge is -2.12. The first-order chi connectivity index (χ1) is 7.15. The van der Waals surface area contributed by atoms with Gasteiger partial charge in [0.05, 0.1) is 5.02 Å². The van der Waals surface area contributed by atoms with Crippen molar-refractivity contribution in [2.24, 2.45) is 5.73 Å². The lowest BCUT2D eigenvalue weighted by molar-refractivity contribution is 0.188. The van der Waals surface area contributed by atoms with Gasteiger partial charge in [0.2, 0.25) is 0 Å². The molecular formula is C11H15ClFNO. The summed E-state index contributed by atoms with van der Waals surface area (Å²) in [6.45, 7) is 0.605. The summed E-state index contributed by atoms with van der Waals surface area (Å²) in [6.07, 6.45) is 1.31. The van der Waals surface area contributed by atoms with E-state index in [-0.39, 0.29) is 11.1 Å². The number of benzene rings is 1. The quantitative estimate of drug-likeness (QED) is 0.845. The Balaban J connectivity index is 2.60. The molecule has 0 saturated heterocycles. The van der Waals surface area contributed by atoms with Crippen molar-refractivity contribution in [2.75, 3.05) is 13.7 Å². The van der Waals surface area contributed by atoms with Crippen molar-refractivity contribution in [3.8, 4) is 0 Å². The molecule has 0 aromatic heterocycles. The molecular weight excluding hydrogens is 217 g/mol. The van der Waals surface area contributed by atoms with Crippen LogP contribution < -0.4 is 5.73 Å². The Hall–Kier alpha value is -0.640. The van der Waals surface area contributed by atoms with E-state index in [1.54, 1.807) is 19.2 Å². The highest BCUT2D eigenvalue weighted by molar-refractivity contribution is 6.31. The number of hydrogen-bond acceptors (Lipinski definition) is 2. The topological polar surface area (TPSA) is 35.2 Å². The van der Waals surface area contributed by atoms with E-state index < -0.39 is 5.82 Å². The normalized spacial score (nSPS) is 12.8. The first-order valence-corrected chi connectivity index (χ1v) is 5.20. The second-order valence-corrected chi connectivity index (χ2v) is 3.84. The summed E-state index contributed by atoms with van der Waals surface area (Å²) >= 11 is 5.81. The Bertz CT molecular complexity index is 319. The minimum atomic E-state index is -0.395.